The highest BCUT2D eigenvalue weighted by Crippen LogP contribution is 2.38. The van der Waals surface area contributed by atoms with Crippen molar-refractivity contribution < 1.29 is 20.4 Å². The molecule has 0 fully saturated rings. The molecular formula is C60H56N6O4S2. The average Bonchev–Trinajstić information content (AvgIpc) is 3.42. The predicted molar refractivity (Wildman–Crippen MR) is 299 cm³/mol. The van der Waals surface area contributed by atoms with Crippen molar-refractivity contribution in [2.45, 2.75) is 44.6 Å². The van der Waals surface area contributed by atoms with Crippen molar-refractivity contribution in [3.8, 4) is 0 Å². The highest BCUT2D eigenvalue weighted by molar-refractivity contribution is 7.99. The maximum absolute atomic E-state index is 12.0. The van der Waals surface area contributed by atoms with Crippen LogP contribution in [0, 0.1) is 0 Å². The van der Waals surface area contributed by atoms with Crippen LogP contribution < -0.4 is 20.4 Å². The summed E-state index contributed by atoms with van der Waals surface area (Å²) in [7, 11) is 0. The van der Waals surface area contributed by atoms with E-state index in [9.17, 15) is 20.4 Å². The molecule has 0 radical (unpaired) electrons. The number of aliphatic hydroxyl groups excluding tert-OH is 4. The van der Waals surface area contributed by atoms with Gasteiger partial charge >= 0.3 is 0 Å². The lowest BCUT2D eigenvalue weighted by Gasteiger charge is -2.39. The number of rotatable bonds is 21. The van der Waals surface area contributed by atoms with Crippen molar-refractivity contribution in [2.75, 3.05) is 59.9 Å². The summed E-state index contributed by atoms with van der Waals surface area (Å²) in [4.78, 5) is 18.1. The van der Waals surface area contributed by atoms with Crippen LogP contribution in [0.3, 0.4) is 0 Å². The molecule has 12 heteroatoms. The van der Waals surface area contributed by atoms with Gasteiger partial charge < -0.3 is 40.9 Å². The Bertz CT molecular complexity index is 3290. The average molecular weight is 989 g/mol. The van der Waals surface area contributed by atoms with Crippen LogP contribution in [-0.4, -0.2) is 82.0 Å². The summed E-state index contributed by atoms with van der Waals surface area (Å²) < 4.78 is 0. The number of aromatic nitrogens is 2. The van der Waals surface area contributed by atoms with E-state index < -0.39 is 12.1 Å². The number of anilines is 6. The van der Waals surface area contributed by atoms with Crippen LogP contribution in [0.4, 0.5) is 34.1 Å². The fourth-order valence-corrected chi connectivity index (χ4v) is 11.0. The van der Waals surface area contributed by atoms with Gasteiger partial charge in [-0.3, -0.25) is 0 Å². The summed E-state index contributed by atoms with van der Waals surface area (Å²) in [6, 6.07) is 65.5. The van der Waals surface area contributed by atoms with E-state index in [1.165, 1.54) is 0 Å². The zero-order chi connectivity index (χ0) is 49.2. The Morgan fingerprint density at radius 3 is 1.21 bits per heavy atom. The van der Waals surface area contributed by atoms with E-state index in [0.717, 1.165) is 97.3 Å². The van der Waals surface area contributed by atoms with Crippen LogP contribution >= 0.6 is 23.5 Å². The molecule has 0 spiro atoms. The molecule has 0 saturated carbocycles. The van der Waals surface area contributed by atoms with Crippen LogP contribution in [-0.2, 0) is 0 Å². The summed E-state index contributed by atoms with van der Waals surface area (Å²) in [5.74, 6) is 0. The molecule has 2 unspecified atom stereocenters. The first kappa shape index (κ1) is 48.5. The summed E-state index contributed by atoms with van der Waals surface area (Å²) in [6.07, 6.45) is -0.0775. The smallest absolute Gasteiger partial charge is 0.0918 e. The third kappa shape index (κ3) is 11.1. The Morgan fingerprint density at radius 1 is 0.431 bits per heavy atom. The molecule has 0 amide bonds. The Balaban J connectivity index is 0.787. The Labute approximate surface area is 428 Å². The van der Waals surface area contributed by atoms with Gasteiger partial charge in [0.25, 0.3) is 0 Å². The Kier molecular flexibility index (Phi) is 15.4. The number of hydrogen-bond acceptors (Lipinski definition) is 12. The fraction of sp³-hybridized carbons (Fsp3) is 0.167. The summed E-state index contributed by atoms with van der Waals surface area (Å²) in [6.45, 7) is 0.823. The van der Waals surface area contributed by atoms with E-state index in [2.05, 4.69) is 113 Å². The third-order valence-electron chi connectivity index (χ3n) is 12.9. The molecule has 2 heterocycles. The molecule has 0 aliphatic heterocycles. The van der Waals surface area contributed by atoms with Crippen LogP contribution in [0.1, 0.15) is 12.8 Å². The molecule has 0 aliphatic rings. The van der Waals surface area contributed by atoms with Crippen LogP contribution in [0.5, 0.6) is 0 Å². The van der Waals surface area contributed by atoms with Crippen LogP contribution in [0.2, 0.25) is 0 Å². The van der Waals surface area contributed by atoms with Crippen molar-refractivity contribution >= 4 is 101 Å². The highest BCUT2D eigenvalue weighted by Gasteiger charge is 2.28. The molecule has 2 atom stereocenters. The first-order valence-electron chi connectivity index (χ1n) is 24.3. The van der Waals surface area contributed by atoms with Crippen molar-refractivity contribution in [3.63, 3.8) is 0 Å². The number of hydrogen-bond donors (Lipinski definition) is 6. The molecule has 0 aliphatic carbocycles. The highest BCUT2D eigenvalue weighted by atomic mass is 32.2. The standard InChI is InChI=1S/C60H56N6O4S2/c67-37-9-35-66(44-24-32-48(33-25-44)72-46-28-20-42(21-29-46)62-60-51-12-3-7-16-55(51)64-56-17-8-4-13-52(56)60)57(34-38-68)58(70)40-65(36-39-69)43-22-30-47(31-23-43)71-45-26-18-41(19-27-45)61-59-49-10-1-5-14-53(49)63-54-15-6-2-11-50(54)59/h1-8,10-33,57-58,67-70H,9,34-40H2,(H,61,63)(H,62,64). The van der Waals surface area contributed by atoms with E-state index >= 15 is 0 Å². The second-order valence-electron chi connectivity index (χ2n) is 17.6. The van der Waals surface area contributed by atoms with E-state index in [1.807, 2.05) is 102 Å². The normalized spacial score (nSPS) is 12.3. The summed E-state index contributed by atoms with van der Waals surface area (Å²) in [5.41, 5.74) is 9.57. The zero-order valence-corrected chi connectivity index (χ0v) is 41.3. The van der Waals surface area contributed by atoms with E-state index in [0.29, 0.717) is 25.9 Å². The topological polar surface area (TPSA) is 137 Å². The van der Waals surface area contributed by atoms with Gasteiger partial charge in [-0.05, 0) is 134 Å². The molecular weight excluding hydrogens is 933 g/mol. The molecule has 10 nitrogen and oxygen atoms in total. The van der Waals surface area contributed by atoms with E-state index in [4.69, 9.17) is 9.97 Å². The second kappa shape index (κ2) is 22.9. The molecule has 0 bridgehead atoms. The van der Waals surface area contributed by atoms with Crippen molar-refractivity contribution in [1.29, 1.82) is 0 Å². The SMILES string of the molecule is OCCCN(c1ccc(Sc2ccc(Nc3c4ccccc4nc4ccccc34)cc2)cc1)C(CCO)C(O)CN(CCO)c1ccc(Sc2ccc(Nc3c4ccccc4nc4ccccc34)cc2)cc1. The number of benzene rings is 8. The lowest BCUT2D eigenvalue weighted by Crippen LogP contribution is -2.50. The summed E-state index contributed by atoms with van der Waals surface area (Å²) in [5, 5.41) is 54.0. The number of fused-ring (bicyclic) bond motifs is 4. The van der Waals surface area contributed by atoms with Gasteiger partial charge in [0.15, 0.2) is 0 Å². The largest absolute Gasteiger partial charge is 0.396 e. The minimum atomic E-state index is -0.893. The monoisotopic (exact) mass is 988 g/mol. The molecule has 8 aromatic carbocycles. The lowest BCUT2D eigenvalue weighted by molar-refractivity contribution is 0.125. The molecule has 10 rings (SSSR count). The molecule has 0 saturated heterocycles. The van der Waals surface area contributed by atoms with E-state index in [1.54, 1.807) is 23.5 Å². The molecule has 362 valence electrons. The van der Waals surface area contributed by atoms with Gasteiger partial charge in [-0.1, -0.05) is 96.3 Å². The van der Waals surface area contributed by atoms with Gasteiger partial charge in [-0.2, -0.15) is 0 Å². The Morgan fingerprint density at radius 2 is 0.819 bits per heavy atom. The summed E-state index contributed by atoms with van der Waals surface area (Å²) >= 11 is 3.33. The Hall–Kier alpha value is -7.16. The maximum atomic E-state index is 12.0. The van der Waals surface area contributed by atoms with Crippen molar-refractivity contribution in [2.24, 2.45) is 0 Å². The van der Waals surface area contributed by atoms with Crippen molar-refractivity contribution in [3.05, 3.63) is 194 Å². The van der Waals surface area contributed by atoms with Crippen molar-refractivity contribution in [1.82, 2.24) is 9.97 Å². The fourth-order valence-electron chi connectivity index (χ4n) is 9.36. The predicted octanol–water partition coefficient (Wildman–Crippen LogP) is 12.7. The molecule has 10 aromatic rings. The lowest BCUT2D eigenvalue weighted by atomic mass is 10.0. The number of pyridine rings is 2. The van der Waals surface area contributed by atoms with Gasteiger partial charge in [-0.15, -0.1) is 0 Å². The van der Waals surface area contributed by atoms with Gasteiger partial charge in [0.05, 0.1) is 52.2 Å². The number of nitrogens with one attached hydrogen (secondary N) is 2. The van der Waals surface area contributed by atoms with Gasteiger partial charge in [-0.25, -0.2) is 9.97 Å². The zero-order valence-electron chi connectivity index (χ0n) is 39.7. The second-order valence-corrected chi connectivity index (χ2v) is 19.9. The first-order valence-corrected chi connectivity index (χ1v) is 25.9. The molecule has 6 N–H and O–H groups in total. The van der Waals surface area contributed by atoms with Gasteiger partial charge in [0, 0.05) is 96.7 Å². The van der Waals surface area contributed by atoms with E-state index in [-0.39, 0.29) is 26.4 Å². The number of nitrogens with zero attached hydrogens (tertiary/aromatic N) is 4. The third-order valence-corrected chi connectivity index (χ3v) is 14.9. The molecule has 2 aromatic heterocycles. The van der Waals surface area contributed by atoms with Crippen LogP contribution in [0.25, 0.3) is 43.6 Å². The molecule has 72 heavy (non-hydrogen) atoms. The van der Waals surface area contributed by atoms with Crippen LogP contribution in [0.15, 0.2) is 214 Å². The minimum absolute atomic E-state index is 0.00663. The number of aliphatic hydroxyl groups is 4. The maximum Gasteiger partial charge on any atom is 0.0918 e. The minimum Gasteiger partial charge on any atom is -0.396 e. The van der Waals surface area contributed by atoms with Gasteiger partial charge in [0.1, 0.15) is 0 Å². The quantitative estimate of drug-likeness (QED) is 0.0382. The first-order chi connectivity index (χ1) is 35.4. The number of para-hydroxylation sites is 4. The van der Waals surface area contributed by atoms with Gasteiger partial charge in [0.2, 0.25) is 0 Å².